The van der Waals surface area contributed by atoms with Crippen LogP contribution in [0.25, 0.3) is 0 Å². The Morgan fingerprint density at radius 2 is 2.16 bits per heavy atom. The topological polar surface area (TPSA) is 81.4 Å². The van der Waals surface area contributed by atoms with Gasteiger partial charge in [0.05, 0.1) is 16.2 Å². The molecule has 0 amide bonds. The van der Waals surface area contributed by atoms with Crippen molar-refractivity contribution < 1.29 is 17.5 Å². The van der Waals surface area contributed by atoms with E-state index in [-0.39, 0.29) is 17.1 Å². The molecule has 0 bridgehead atoms. The molecular weight excluding hydrogens is 271 g/mol. The molecule has 0 heterocycles. The van der Waals surface area contributed by atoms with E-state index in [0.717, 1.165) is 25.3 Å². The largest absolute Gasteiger partial charge is 0.396 e. The maximum atomic E-state index is 13.3. The van der Waals surface area contributed by atoms with E-state index < -0.39 is 21.4 Å². The average Bonchev–Trinajstić information content (AvgIpc) is 2.31. The zero-order valence-corrected chi connectivity index (χ0v) is 11.5. The van der Waals surface area contributed by atoms with Gasteiger partial charge < -0.3 is 10.5 Å². The predicted octanol–water partition coefficient (Wildman–Crippen LogP) is 1.26. The second kappa shape index (κ2) is 5.07. The molecule has 0 spiro atoms. The molecule has 5 nitrogen and oxygen atoms in total. The minimum absolute atomic E-state index is 0.0775. The molecule has 0 atom stereocenters. The number of halogens is 1. The first-order valence-corrected chi connectivity index (χ1v) is 7.47. The van der Waals surface area contributed by atoms with E-state index in [0.29, 0.717) is 0 Å². The van der Waals surface area contributed by atoms with Crippen molar-refractivity contribution in [2.45, 2.75) is 29.8 Å². The fourth-order valence-corrected chi connectivity index (χ4v) is 3.13. The first-order chi connectivity index (χ1) is 8.88. The number of benzene rings is 1. The third-order valence-electron chi connectivity index (χ3n) is 3.56. The molecule has 0 unspecified atom stereocenters. The Morgan fingerprint density at radius 1 is 1.47 bits per heavy atom. The van der Waals surface area contributed by atoms with Crippen molar-refractivity contribution in [2.24, 2.45) is 0 Å². The molecule has 1 aliphatic rings. The molecule has 0 aromatic heterocycles. The van der Waals surface area contributed by atoms with Crippen LogP contribution in [0.1, 0.15) is 19.3 Å². The highest BCUT2D eigenvalue weighted by molar-refractivity contribution is 7.89. The van der Waals surface area contributed by atoms with E-state index in [1.54, 1.807) is 7.11 Å². The van der Waals surface area contributed by atoms with Gasteiger partial charge in [0.15, 0.2) is 0 Å². The fourth-order valence-electron chi connectivity index (χ4n) is 2.01. The zero-order valence-electron chi connectivity index (χ0n) is 10.6. The SMILES string of the molecule is COC1(CNS(=O)(=O)c2ccc(N)c(F)c2)CCC1. The van der Waals surface area contributed by atoms with Crippen LogP contribution in [0, 0.1) is 5.82 Å². The smallest absolute Gasteiger partial charge is 0.240 e. The second-order valence-corrected chi connectivity index (χ2v) is 6.52. The lowest BCUT2D eigenvalue weighted by molar-refractivity contribution is -0.0659. The number of nitrogens with one attached hydrogen (secondary N) is 1. The Labute approximate surface area is 112 Å². The van der Waals surface area contributed by atoms with Crippen molar-refractivity contribution in [3.05, 3.63) is 24.0 Å². The Hall–Kier alpha value is -1.18. The molecule has 1 fully saturated rings. The van der Waals surface area contributed by atoms with Gasteiger partial charge in [-0.25, -0.2) is 17.5 Å². The minimum Gasteiger partial charge on any atom is -0.396 e. The second-order valence-electron chi connectivity index (χ2n) is 4.75. The van der Waals surface area contributed by atoms with Gasteiger partial charge in [0.1, 0.15) is 5.82 Å². The Balaban J connectivity index is 2.11. The number of hydrogen-bond acceptors (Lipinski definition) is 4. The van der Waals surface area contributed by atoms with Crippen LogP contribution in [0.4, 0.5) is 10.1 Å². The normalized spacial score (nSPS) is 18.0. The standard InChI is InChI=1S/C12H17FN2O3S/c1-18-12(5-2-6-12)8-15-19(16,17)9-3-4-11(14)10(13)7-9/h3-4,7,15H,2,5-6,8,14H2,1H3. The van der Waals surface area contributed by atoms with Crippen molar-refractivity contribution >= 4 is 15.7 Å². The van der Waals surface area contributed by atoms with Crippen molar-refractivity contribution in [3.63, 3.8) is 0 Å². The summed E-state index contributed by atoms with van der Waals surface area (Å²) in [5.74, 6) is -0.743. The monoisotopic (exact) mass is 288 g/mol. The van der Waals surface area contributed by atoms with Gasteiger partial charge in [-0.15, -0.1) is 0 Å². The highest BCUT2D eigenvalue weighted by atomic mass is 32.2. The molecule has 0 radical (unpaired) electrons. The number of rotatable bonds is 5. The first-order valence-electron chi connectivity index (χ1n) is 5.98. The van der Waals surface area contributed by atoms with Crippen LogP contribution in [0.3, 0.4) is 0 Å². The Morgan fingerprint density at radius 3 is 2.63 bits per heavy atom. The maximum absolute atomic E-state index is 13.3. The minimum atomic E-state index is -3.74. The van der Waals surface area contributed by atoms with Gasteiger partial charge in [-0.2, -0.15) is 0 Å². The van der Waals surface area contributed by atoms with Crippen LogP contribution in [0.2, 0.25) is 0 Å². The number of sulfonamides is 1. The van der Waals surface area contributed by atoms with Gasteiger partial charge in [-0.1, -0.05) is 0 Å². The number of hydrogen-bond donors (Lipinski definition) is 2. The van der Waals surface area contributed by atoms with E-state index in [1.807, 2.05) is 0 Å². The Bertz CT molecular complexity index is 565. The van der Waals surface area contributed by atoms with Crippen LogP contribution >= 0.6 is 0 Å². The summed E-state index contributed by atoms with van der Waals surface area (Å²) in [5.41, 5.74) is 4.82. The fraction of sp³-hybridized carbons (Fsp3) is 0.500. The van der Waals surface area contributed by atoms with Gasteiger partial charge in [0.25, 0.3) is 0 Å². The lowest BCUT2D eigenvalue weighted by Crippen LogP contribution is -2.49. The summed E-state index contributed by atoms with van der Waals surface area (Å²) < 4.78 is 45.1. The summed E-state index contributed by atoms with van der Waals surface area (Å²) in [6.45, 7) is 0.192. The molecule has 7 heteroatoms. The molecule has 0 saturated heterocycles. The maximum Gasteiger partial charge on any atom is 0.240 e. The molecule has 1 saturated carbocycles. The molecule has 19 heavy (non-hydrogen) atoms. The molecule has 1 aliphatic carbocycles. The molecular formula is C12H17FN2O3S. The van der Waals surface area contributed by atoms with Crippen LogP contribution in [-0.4, -0.2) is 27.7 Å². The van der Waals surface area contributed by atoms with Crippen LogP contribution in [-0.2, 0) is 14.8 Å². The van der Waals surface area contributed by atoms with E-state index in [2.05, 4.69) is 4.72 Å². The molecule has 0 aliphatic heterocycles. The molecule has 1 aromatic rings. The third kappa shape index (κ3) is 2.88. The van der Waals surface area contributed by atoms with Crippen LogP contribution in [0.5, 0.6) is 0 Å². The van der Waals surface area contributed by atoms with Gasteiger partial charge in [-0.05, 0) is 37.5 Å². The van der Waals surface area contributed by atoms with E-state index in [1.165, 1.54) is 12.1 Å². The Kier molecular flexibility index (Phi) is 3.80. The molecule has 106 valence electrons. The number of ether oxygens (including phenoxy) is 1. The van der Waals surface area contributed by atoms with Gasteiger partial charge >= 0.3 is 0 Å². The van der Waals surface area contributed by atoms with Crippen molar-refractivity contribution in [2.75, 3.05) is 19.4 Å². The van der Waals surface area contributed by atoms with Crippen LogP contribution in [0.15, 0.2) is 23.1 Å². The van der Waals surface area contributed by atoms with E-state index in [9.17, 15) is 12.8 Å². The molecule has 1 aromatic carbocycles. The summed E-state index contributed by atoms with van der Waals surface area (Å²) in [6.07, 6.45) is 2.66. The number of nitrogen functional groups attached to an aromatic ring is 1. The van der Waals surface area contributed by atoms with Gasteiger partial charge in [-0.3, -0.25) is 0 Å². The zero-order chi connectivity index (χ0) is 14.1. The average molecular weight is 288 g/mol. The van der Waals surface area contributed by atoms with Crippen molar-refractivity contribution in [1.29, 1.82) is 0 Å². The molecule has 2 rings (SSSR count). The number of anilines is 1. The summed E-state index contributed by atoms with van der Waals surface area (Å²) in [4.78, 5) is -0.134. The lowest BCUT2D eigenvalue weighted by Gasteiger charge is -2.40. The summed E-state index contributed by atoms with van der Waals surface area (Å²) in [7, 11) is -2.18. The van der Waals surface area contributed by atoms with E-state index in [4.69, 9.17) is 10.5 Å². The van der Waals surface area contributed by atoms with Crippen LogP contribution < -0.4 is 10.5 Å². The molecule has 3 N–H and O–H groups in total. The quantitative estimate of drug-likeness (QED) is 0.799. The highest BCUT2D eigenvalue weighted by Gasteiger charge is 2.38. The summed E-state index contributed by atoms with van der Waals surface area (Å²) in [5, 5.41) is 0. The highest BCUT2D eigenvalue weighted by Crippen LogP contribution is 2.34. The third-order valence-corrected chi connectivity index (χ3v) is 4.96. The lowest BCUT2D eigenvalue weighted by atomic mass is 9.80. The van der Waals surface area contributed by atoms with Gasteiger partial charge in [0.2, 0.25) is 10.0 Å². The number of methoxy groups -OCH3 is 1. The summed E-state index contributed by atoms with van der Waals surface area (Å²) >= 11 is 0. The van der Waals surface area contributed by atoms with Gasteiger partial charge in [0, 0.05) is 13.7 Å². The predicted molar refractivity (Wildman–Crippen MR) is 69.6 cm³/mol. The van der Waals surface area contributed by atoms with Crippen molar-refractivity contribution in [1.82, 2.24) is 4.72 Å². The summed E-state index contributed by atoms with van der Waals surface area (Å²) in [6, 6.07) is 3.43. The van der Waals surface area contributed by atoms with Crippen molar-refractivity contribution in [3.8, 4) is 0 Å². The first kappa shape index (κ1) is 14.2. The van der Waals surface area contributed by atoms with E-state index >= 15 is 0 Å². The number of nitrogens with two attached hydrogens (primary N) is 1.